The second-order valence-corrected chi connectivity index (χ2v) is 6.87. The molecule has 2 atom stereocenters. The van der Waals surface area contributed by atoms with Crippen LogP contribution in [0.4, 0.5) is 0 Å². The van der Waals surface area contributed by atoms with Gasteiger partial charge in [-0.1, -0.05) is 0 Å². The maximum absolute atomic E-state index is 12.2. The number of sulfonamides is 1. The fourth-order valence-electron chi connectivity index (χ4n) is 2.17. The van der Waals surface area contributed by atoms with Crippen LogP contribution in [0.2, 0.25) is 0 Å². The lowest BCUT2D eigenvalue weighted by Gasteiger charge is -2.21. The Kier molecular flexibility index (Phi) is 3.63. The Morgan fingerprint density at radius 1 is 1.56 bits per heavy atom. The van der Waals surface area contributed by atoms with Gasteiger partial charge in [-0.05, 0) is 19.3 Å². The highest BCUT2D eigenvalue weighted by molar-refractivity contribution is 7.91. The van der Waals surface area contributed by atoms with E-state index in [1.54, 1.807) is 0 Å². The molecule has 2 rings (SSSR count). The molecule has 18 heavy (non-hydrogen) atoms. The van der Waals surface area contributed by atoms with Crippen molar-refractivity contribution in [3.8, 4) is 0 Å². The summed E-state index contributed by atoms with van der Waals surface area (Å²) in [5.41, 5.74) is 0. The van der Waals surface area contributed by atoms with Crippen LogP contribution in [0.25, 0.3) is 0 Å². The Morgan fingerprint density at radius 2 is 2.22 bits per heavy atom. The van der Waals surface area contributed by atoms with Gasteiger partial charge >= 0.3 is 5.97 Å². The Labute approximate surface area is 106 Å². The molecule has 1 heterocycles. The van der Waals surface area contributed by atoms with E-state index in [1.807, 2.05) is 0 Å². The van der Waals surface area contributed by atoms with Crippen LogP contribution in [-0.4, -0.2) is 56.7 Å². The van der Waals surface area contributed by atoms with Crippen molar-refractivity contribution in [3.63, 3.8) is 0 Å². The highest BCUT2D eigenvalue weighted by Gasteiger charge is 2.56. The first kappa shape index (κ1) is 13.7. The summed E-state index contributed by atoms with van der Waals surface area (Å²) in [6, 6.07) is -0.693. The summed E-state index contributed by atoms with van der Waals surface area (Å²) in [6.07, 6.45) is 0.362. The number of nitrogens with one attached hydrogen (secondary N) is 1. The predicted molar refractivity (Wildman–Crippen MR) is 61.7 cm³/mol. The zero-order valence-electron chi connectivity index (χ0n) is 10.1. The van der Waals surface area contributed by atoms with Gasteiger partial charge in [0.25, 0.3) is 0 Å². The van der Waals surface area contributed by atoms with Gasteiger partial charge in [-0.15, -0.1) is 0 Å². The van der Waals surface area contributed by atoms with Crippen molar-refractivity contribution in [1.82, 2.24) is 4.72 Å². The molecule has 1 aliphatic carbocycles. The molecule has 2 fully saturated rings. The number of hydrogen-bond donors (Lipinski definition) is 2. The summed E-state index contributed by atoms with van der Waals surface area (Å²) >= 11 is 0. The van der Waals surface area contributed by atoms with Gasteiger partial charge < -0.3 is 14.6 Å². The van der Waals surface area contributed by atoms with Crippen molar-refractivity contribution < 1.29 is 27.8 Å². The third-order valence-corrected chi connectivity index (χ3v) is 5.71. The third kappa shape index (κ3) is 2.37. The molecule has 2 aliphatic rings. The van der Waals surface area contributed by atoms with E-state index in [9.17, 15) is 13.2 Å². The van der Waals surface area contributed by atoms with Crippen LogP contribution in [0.1, 0.15) is 19.3 Å². The number of ether oxygens (including phenoxy) is 2. The maximum Gasteiger partial charge on any atom is 0.334 e. The van der Waals surface area contributed by atoms with Crippen LogP contribution < -0.4 is 4.72 Å². The number of rotatable bonds is 6. The summed E-state index contributed by atoms with van der Waals surface area (Å²) in [7, 11) is -2.13. The smallest absolute Gasteiger partial charge is 0.334 e. The van der Waals surface area contributed by atoms with E-state index >= 15 is 0 Å². The molecule has 104 valence electrons. The van der Waals surface area contributed by atoms with Gasteiger partial charge in [0, 0.05) is 13.7 Å². The number of hydrogen-bond acceptors (Lipinski definition) is 5. The Morgan fingerprint density at radius 3 is 2.72 bits per heavy atom. The number of methoxy groups -OCH3 is 1. The first-order valence-electron chi connectivity index (χ1n) is 5.77. The summed E-state index contributed by atoms with van der Waals surface area (Å²) in [5, 5.41) is 8.92. The monoisotopic (exact) mass is 279 g/mol. The third-order valence-electron chi connectivity index (χ3n) is 3.43. The number of aliphatic carboxylic acids is 1. The zero-order chi connectivity index (χ0) is 13.4. The molecule has 0 aromatic carbocycles. The summed E-state index contributed by atoms with van der Waals surface area (Å²) in [6.45, 7) is 0.384. The largest absolute Gasteiger partial charge is 0.479 e. The lowest BCUT2D eigenvalue weighted by molar-refractivity contribution is -0.148. The minimum atomic E-state index is -3.58. The van der Waals surface area contributed by atoms with E-state index < -0.39 is 32.9 Å². The maximum atomic E-state index is 12.2. The first-order chi connectivity index (χ1) is 8.42. The minimum Gasteiger partial charge on any atom is -0.479 e. The summed E-state index contributed by atoms with van der Waals surface area (Å²) in [5.74, 6) is -1.14. The number of carbonyl (C=O) groups is 1. The minimum absolute atomic E-state index is 0.133. The fourth-order valence-corrected chi connectivity index (χ4v) is 3.97. The van der Waals surface area contributed by atoms with E-state index in [0.717, 1.165) is 0 Å². The van der Waals surface area contributed by atoms with Crippen LogP contribution in [0.3, 0.4) is 0 Å². The van der Waals surface area contributed by atoms with Gasteiger partial charge in [0.1, 0.15) is 4.75 Å². The Bertz CT molecular complexity index is 430. The summed E-state index contributed by atoms with van der Waals surface area (Å²) < 4.78 is 35.9. The van der Waals surface area contributed by atoms with E-state index in [0.29, 0.717) is 19.3 Å². The molecular weight excluding hydrogens is 262 g/mol. The lowest BCUT2D eigenvalue weighted by atomic mass is 10.1. The van der Waals surface area contributed by atoms with E-state index in [4.69, 9.17) is 14.6 Å². The van der Waals surface area contributed by atoms with E-state index in [2.05, 4.69) is 4.72 Å². The van der Waals surface area contributed by atoms with E-state index in [1.165, 1.54) is 7.11 Å². The Hall–Kier alpha value is -0.700. The van der Waals surface area contributed by atoms with Crippen LogP contribution in [0.5, 0.6) is 0 Å². The second-order valence-electron chi connectivity index (χ2n) is 4.76. The van der Waals surface area contributed by atoms with Crippen molar-refractivity contribution in [1.29, 1.82) is 0 Å². The number of carboxylic acid groups (broad SMARTS) is 1. The molecule has 0 unspecified atom stereocenters. The average molecular weight is 279 g/mol. The van der Waals surface area contributed by atoms with Crippen molar-refractivity contribution in [2.45, 2.75) is 36.2 Å². The van der Waals surface area contributed by atoms with Crippen LogP contribution in [-0.2, 0) is 24.3 Å². The van der Waals surface area contributed by atoms with Crippen LogP contribution in [0, 0.1) is 0 Å². The Balaban J connectivity index is 2.07. The highest BCUT2D eigenvalue weighted by Crippen LogP contribution is 2.43. The van der Waals surface area contributed by atoms with Gasteiger partial charge in [-0.3, -0.25) is 0 Å². The number of carboxylic acids is 1. The molecule has 7 nitrogen and oxygen atoms in total. The first-order valence-corrected chi connectivity index (χ1v) is 7.25. The molecule has 0 bridgehead atoms. The molecule has 1 aliphatic heterocycles. The lowest BCUT2D eigenvalue weighted by Crippen LogP contribution is -2.49. The quantitative estimate of drug-likeness (QED) is 0.668. The van der Waals surface area contributed by atoms with Gasteiger partial charge in [-0.25, -0.2) is 17.9 Å². The molecule has 0 amide bonds. The van der Waals surface area contributed by atoms with Gasteiger partial charge in [0.15, 0.2) is 6.10 Å². The van der Waals surface area contributed by atoms with E-state index in [-0.39, 0.29) is 13.2 Å². The highest BCUT2D eigenvalue weighted by atomic mass is 32.2. The standard InChI is InChI=1S/C10H17NO6S/c1-16-6-10(3-4-10)18(14,15)11-7-2-5-17-8(7)9(12)13/h7-8,11H,2-6H2,1H3,(H,12,13)/t7-,8+/m1/s1. The van der Waals surface area contributed by atoms with Gasteiger partial charge in [-0.2, -0.15) is 0 Å². The topological polar surface area (TPSA) is 102 Å². The molecule has 0 aromatic heterocycles. The SMILES string of the molecule is COCC1(S(=O)(=O)N[C@@H]2CCO[C@@H]2C(=O)O)CC1. The molecular formula is C10H17NO6S. The van der Waals surface area contributed by atoms with Gasteiger partial charge in [0.2, 0.25) is 10.0 Å². The molecule has 8 heteroatoms. The van der Waals surface area contributed by atoms with Crippen LogP contribution >= 0.6 is 0 Å². The van der Waals surface area contributed by atoms with Crippen molar-refractivity contribution in [2.24, 2.45) is 0 Å². The fraction of sp³-hybridized carbons (Fsp3) is 0.900. The molecule has 0 aromatic rings. The van der Waals surface area contributed by atoms with Crippen LogP contribution in [0.15, 0.2) is 0 Å². The zero-order valence-corrected chi connectivity index (χ0v) is 10.9. The van der Waals surface area contributed by atoms with Crippen molar-refractivity contribution in [2.75, 3.05) is 20.3 Å². The second kappa shape index (κ2) is 4.76. The van der Waals surface area contributed by atoms with Crippen molar-refractivity contribution in [3.05, 3.63) is 0 Å². The predicted octanol–water partition coefficient (Wildman–Crippen LogP) is -0.673. The average Bonchev–Trinajstić information content (AvgIpc) is 2.92. The molecule has 0 spiro atoms. The van der Waals surface area contributed by atoms with Gasteiger partial charge in [0.05, 0.1) is 12.6 Å². The van der Waals surface area contributed by atoms with Crippen molar-refractivity contribution >= 4 is 16.0 Å². The summed E-state index contributed by atoms with van der Waals surface area (Å²) in [4.78, 5) is 10.9. The molecule has 1 saturated carbocycles. The molecule has 0 radical (unpaired) electrons. The normalized spacial score (nSPS) is 30.3. The molecule has 2 N–H and O–H groups in total. The molecule has 1 saturated heterocycles.